The normalized spacial score (nSPS) is 16.3. The average molecular weight is 485 g/mol. The highest BCUT2D eigenvalue weighted by Crippen LogP contribution is 2.48. The Morgan fingerprint density at radius 3 is 2.21 bits per heavy atom. The smallest absolute Gasteiger partial charge is 0.297 e. The molecule has 0 radical (unpaired) electrons. The number of amides is 1. The predicted molar refractivity (Wildman–Crippen MR) is 132 cm³/mol. The molecule has 0 spiro atoms. The van der Waals surface area contributed by atoms with Gasteiger partial charge in [0.25, 0.3) is 11.5 Å². The van der Waals surface area contributed by atoms with Crippen LogP contribution in [0.25, 0.3) is 0 Å². The first-order valence-electron chi connectivity index (χ1n) is 11.0. The molecule has 1 fully saturated rings. The van der Waals surface area contributed by atoms with Gasteiger partial charge in [0.2, 0.25) is 11.7 Å². The summed E-state index contributed by atoms with van der Waals surface area (Å²) in [5.41, 5.74) is 0.716. The summed E-state index contributed by atoms with van der Waals surface area (Å²) in [7, 11) is -1.80. The molecule has 0 saturated carbocycles. The quantitative estimate of drug-likeness (QED) is 0.423. The third-order valence-electron chi connectivity index (χ3n) is 5.93. The van der Waals surface area contributed by atoms with Gasteiger partial charge in [0.15, 0.2) is 5.69 Å². The van der Waals surface area contributed by atoms with Gasteiger partial charge >= 0.3 is 0 Å². The maximum atomic E-state index is 13.1. The van der Waals surface area contributed by atoms with Crippen LogP contribution in [0.3, 0.4) is 0 Å². The second-order valence-electron chi connectivity index (χ2n) is 8.20. The summed E-state index contributed by atoms with van der Waals surface area (Å²) >= 11 is 0. The average Bonchev–Trinajstić information content (AvgIpc) is 2.84. The molecule has 0 unspecified atom stereocenters. The van der Waals surface area contributed by atoms with Crippen molar-refractivity contribution < 1.29 is 19.0 Å². The summed E-state index contributed by atoms with van der Waals surface area (Å²) in [4.78, 5) is 29.9. The number of aromatic hydroxyl groups is 1. The summed E-state index contributed by atoms with van der Waals surface area (Å²) in [6.45, 7) is 0.482. The molecule has 1 saturated heterocycles. The molecule has 9 nitrogen and oxygen atoms in total. The van der Waals surface area contributed by atoms with E-state index in [1.54, 1.807) is 0 Å². The lowest BCUT2D eigenvalue weighted by molar-refractivity contribution is 0.0943. The number of rotatable bonds is 6. The van der Waals surface area contributed by atoms with Gasteiger partial charge in [0.1, 0.15) is 0 Å². The summed E-state index contributed by atoms with van der Waals surface area (Å²) in [6.07, 6.45) is 1.32. The monoisotopic (exact) mass is 484 g/mol. The minimum Gasteiger partial charge on any atom is -0.501 e. The molecule has 1 aliphatic heterocycles. The lowest BCUT2D eigenvalue weighted by Crippen LogP contribution is -2.40. The van der Waals surface area contributed by atoms with E-state index in [4.69, 9.17) is 0 Å². The molecule has 2 aromatic carbocycles. The number of nitrogens with one attached hydrogen (secondary N) is 1. The van der Waals surface area contributed by atoms with E-state index in [2.05, 4.69) is 10.3 Å². The van der Waals surface area contributed by atoms with Gasteiger partial charge in [-0.1, -0.05) is 60.7 Å². The molecule has 2 heterocycles. The minimum absolute atomic E-state index is 0.0599. The zero-order chi connectivity index (χ0) is 24.3. The fraction of sp³-hybridized carbons (Fsp3) is 0.292. The molecule has 180 valence electrons. The van der Waals surface area contributed by atoms with Crippen molar-refractivity contribution in [2.24, 2.45) is 7.05 Å². The van der Waals surface area contributed by atoms with Crippen LogP contribution in [0.15, 0.2) is 65.5 Å². The fourth-order valence-corrected chi connectivity index (χ4v) is 5.73. The van der Waals surface area contributed by atoms with Crippen molar-refractivity contribution in [3.8, 4) is 5.75 Å². The van der Waals surface area contributed by atoms with Crippen molar-refractivity contribution >= 4 is 22.6 Å². The molecule has 1 aromatic heterocycles. The lowest BCUT2D eigenvalue weighted by Gasteiger charge is -2.46. The Hall–Kier alpha value is -3.34. The number of anilines is 1. The predicted octanol–water partition coefficient (Wildman–Crippen LogP) is 3.31. The molecule has 1 amide bonds. The standard InChI is InChI=1S/C24H28N4O5S/c1-27-23(31)21(29)20(26-24(27)28-14-8-9-15-34(28,32)33)22(30)25-16-19(17-10-4-2-5-11-17)18-12-6-3-7-13-18/h2-7,10-13,19,29,32-33H,8-9,14-16H2,1H3,(H,25,30). The third-order valence-corrected chi connectivity index (χ3v) is 7.82. The van der Waals surface area contributed by atoms with Crippen LogP contribution < -0.4 is 15.2 Å². The van der Waals surface area contributed by atoms with Crippen molar-refractivity contribution in [1.29, 1.82) is 0 Å². The van der Waals surface area contributed by atoms with Gasteiger partial charge in [0, 0.05) is 26.1 Å². The SMILES string of the molecule is Cn1c(N2CCCCS2(O)O)nc(C(=O)NCC(c2ccccc2)c2ccccc2)c(O)c1=O. The molecular formula is C24H28N4O5S. The van der Waals surface area contributed by atoms with E-state index < -0.39 is 33.7 Å². The first-order valence-corrected chi connectivity index (χ1v) is 12.7. The topological polar surface area (TPSA) is 128 Å². The first kappa shape index (κ1) is 23.8. The Balaban J connectivity index is 1.64. The van der Waals surface area contributed by atoms with Crippen LogP contribution in [0, 0.1) is 0 Å². The molecule has 0 aliphatic carbocycles. The van der Waals surface area contributed by atoms with Crippen LogP contribution in [0.1, 0.15) is 40.4 Å². The van der Waals surface area contributed by atoms with Gasteiger partial charge in [-0.15, -0.1) is 10.8 Å². The van der Waals surface area contributed by atoms with E-state index in [1.807, 2.05) is 60.7 Å². The second-order valence-corrected chi connectivity index (χ2v) is 10.3. The van der Waals surface area contributed by atoms with Crippen molar-refractivity contribution in [3.63, 3.8) is 0 Å². The van der Waals surface area contributed by atoms with E-state index in [1.165, 1.54) is 11.4 Å². The summed E-state index contributed by atoms with van der Waals surface area (Å²) < 4.78 is 23.2. The molecule has 4 rings (SSSR count). The van der Waals surface area contributed by atoms with Crippen molar-refractivity contribution in [2.75, 3.05) is 23.1 Å². The molecular weight excluding hydrogens is 456 g/mol. The van der Waals surface area contributed by atoms with E-state index in [0.717, 1.165) is 15.7 Å². The second kappa shape index (κ2) is 9.88. The summed E-state index contributed by atoms with van der Waals surface area (Å²) in [5, 5.41) is 13.2. The highest BCUT2D eigenvalue weighted by molar-refractivity contribution is 8.25. The number of aromatic nitrogens is 2. The lowest BCUT2D eigenvalue weighted by atomic mass is 9.91. The van der Waals surface area contributed by atoms with Crippen LogP contribution in [0.5, 0.6) is 5.75 Å². The largest absolute Gasteiger partial charge is 0.501 e. The molecule has 4 N–H and O–H groups in total. The summed E-state index contributed by atoms with van der Waals surface area (Å²) in [6, 6.07) is 19.4. The Morgan fingerprint density at radius 1 is 1.06 bits per heavy atom. The fourth-order valence-electron chi connectivity index (χ4n) is 4.08. The summed E-state index contributed by atoms with van der Waals surface area (Å²) in [5.74, 6) is -1.57. The van der Waals surface area contributed by atoms with Crippen LogP contribution in [0.2, 0.25) is 0 Å². The maximum absolute atomic E-state index is 13.1. The minimum atomic E-state index is -3.17. The third kappa shape index (κ3) is 4.79. The van der Waals surface area contributed by atoms with Gasteiger partial charge in [-0.05, 0) is 24.0 Å². The van der Waals surface area contributed by atoms with Gasteiger partial charge in [0.05, 0.1) is 5.75 Å². The highest BCUT2D eigenvalue weighted by Gasteiger charge is 2.32. The van der Waals surface area contributed by atoms with E-state index in [9.17, 15) is 23.8 Å². The Morgan fingerprint density at radius 2 is 1.65 bits per heavy atom. The van der Waals surface area contributed by atoms with Gasteiger partial charge < -0.3 is 10.4 Å². The van der Waals surface area contributed by atoms with E-state index in [-0.39, 0.29) is 30.7 Å². The molecule has 1 aliphatic rings. The van der Waals surface area contributed by atoms with Crippen molar-refractivity contribution in [2.45, 2.75) is 18.8 Å². The van der Waals surface area contributed by atoms with Crippen LogP contribution in [0.4, 0.5) is 5.95 Å². The van der Waals surface area contributed by atoms with Crippen LogP contribution in [-0.2, 0) is 7.05 Å². The molecule has 0 bridgehead atoms. The van der Waals surface area contributed by atoms with Gasteiger partial charge in [-0.3, -0.25) is 23.3 Å². The number of carbonyl (C=O) groups excluding carboxylic acids is 1. The molecule has 34 heavy (non-hydrogen) atoms. The van der Waals surface area contributed by atoms with Crippen LogP contribution >= 0.6 is 10.8 Å². The highest BCUT2D eigenvalue weighted by atomic mass is 32.3. The zero-order valence-electron chi connectivity index (χ0n) is 18.8. The van der Waals surface area contributed by atoms with Crippen molar-refractivity contribution in [3.05, 3.63) is 87.8 Å². The van der Waals surface area contributed by atoms with Crippen LogP contribution in [-0.4, -0.2) is 48.5 Å². The number of benzene rings is 2. The Kier molecular flexibility index (Phi) is 6.92. The van der Waals surface area contributed by atoms with E-state index >= 15 is 0 Å². The van der Waals surface area contributed by atoms with E-state index in [0.29, 0.717) is 12.8 Å². The Labute approximate surface area is 199 Å². The first-order chi connectivity index (χ1) is 16.3. The maximum Gasteiger partial charge on any atom is 0.297 e. The number of hydrogen-bond donors (Lipinski definition) is 4. The molecule has 0 atom stereocenters. The van der Waals surface area contributed by atoms with Crippen molar-refractivity contribution in [1.82, 2.24) is 14.9 Å². The molecule has 3 aromatic rings. The van der Waals surface area contributed by atoms with Gasteiger partial charge in [-0.2, -0.15) is 0 Å². The number of carbonyl (C=O) groups is 1. The molecule has 10 heteroatoms. The zero-order valence-corrected chi connectivity index (χ0v) is 19.6. The number of hydrogen-bond acceptors (Lipinski definition) is 7. The number of nitrogens with zero attached hydrogens (tertiary/aromatic N) is 3. The van der Waals surface area contributed by atoms with Gasteiger partial charge in [-0.25, -0.2) is 9.29 Å². The Bertz CT molecular complexity index is 1180.